The zero-order valence-corrected chi connectivity index (χ0v) is 10.4. The first kappa shape index (κ1) is 16.1. The predicted molar refractivity (Wildman–Crippen MR) is 68.1 cm³/mol. The number of rotatable bonds is 11. The maximum atomic E-state index is 11.5. The Labute approximate surface area is 103 Å². The third-order valence-electron chi connectivity index (χ3n) is 2.53. The zero-order chi connectivity index (χ0) is 12.9. The first-order valence-corrected chi connectivity index (χ1v) is 6.31. The van der Waals surface area contributed by atoms with Crippen LogP contribution in [0.4, 0.5) is 0 Å². The van der Waals surface area contributed by atoms with Crippen molar-refractivity contribution in [3.8, 4) is 0 Å². The summed E-state index contributed by atoms with van der Waals surface area (Å²) in [6, 6.07) is -0.483. The van der Waals surface area contributed by atoms with Crippen molar-refractivity contribution in [2.75, 3.05) is 13.1 Å². The molecule has 0 fully saturated rings. The van der Waals surface area contributed by atoms with Gasteiger partial charge < -0.3 is 16.8 Å². The van der Waals surface area contributed by atoms with E-state index in [0.29, 0.717) is 25.9 Å². The highest BCUT2D eigenvalue weighted by Gasteiger charge is 2.11. The Bertz CT molecular complexity index is 210. The Hall–Kier alpha value is -0.940. The second-order valence-electron chi connectivity index (χ2n) is 4.12. The third-order valence-corrected chi connectivity index (χ3v) is 2.53. The molecular weight excluding hydrogens is 218 g/mol. The molecule has 0 unspecified atom stereocenters. The summed E-state index contributed by atoms with van der Waals surface area (Å²) in [4.78, 5) is 22.1. The van der Waals surface area contributed by atoms with E-state index in [-0.39, 0.29) is 5.91 Å². The topological polar surface area (TPSA) is 98.2 Å². The van der Waals surface area contributed by atoms with Gasteiger partial charge in [-0.2, -0.15) is 0 Å². The van der Waals surface area contributed by atoms with Gasteiger partial charge in [0, 0.05) is 6.42 Å². The molecule has 5 nitrogen and oxygen atoms in total. The molecule has 0 aromatic heterocycles. The number of carbonyl (C=O) groups is 1. The highest BCUT2D eigenvalue weighted by atomic mass is 16.2. The summed E-state index contributed by atoms with van der Waals surface area (Å²) in [6.07, 6.45) is 7.33. The second-order valence-corrected chi connectivity index (χ2v) is 4.12. The molecule has 1 atom stereocenters. The maximum Gasteiger partial charge on any atom is 0.222 e. The summed E-state index contributed by atoms with van der Waals surface area (Å²) in [5.41, 5.74) is 10.7. The Morgan fingerprint density at radius 3 is 2.29 bits per heavy atom. The summed E-state index contributed by atoms with van der Waals surface area (Å²) in [5, 5.41) is 2.67. The van der Waals surface area contributed by atoms with Gasteiger partial charge in [-0.3, -0.25) is 9.59 Å². The highest BCUT2D eigenvalue weighted by Crippen LogP contribution is 2.01. The van der Waals surface area contributed by atoms with Crippen LogP contribution in [-0.2, 0) is 9.59 Å². The Kier molecular flexibility index (Phi) is 10.9. The molecule has 1 amide bonds. The molecule has 0 aliphatic carbocycles. The van der Waals surface area contributed by atoms with E-state index < -0.39 is 6.04 Å². The largest absolute Gasteiger partial charge is 0.346 e. The lowest BCUT2D eigenvalue weighted by Gasteiger charge is -2.11. The summed E-state index contributed by atoms with van der Waals surface area (Å²) >= 11 is 0. The molecule has 0 aromatic rings. The van der Waals surface area contributed by atoms with E-state index in [4.69, 9.17) is 11.5 Å². The van der Waals surface area contributed by atoms with Gasteiger partial charge >= 0.3 is 0 Å². The van der Waals surface area contributed by atoms with Crippen molar-refractivity contribution >= 4 is 12.2 Å². The van der Waals surface area contributed by atoms with Crippen molar-refractivity contribution < 1.29 is 9.59 Å². The molecule has 99 valence electrons. The van der Waals surface area contributed by atoms with E-state index in [1.165, 1.54) is 0 Å². The van der Waals surface area contributed by atoms with E-state index in [2.05, 4.69) is 5.32 Å². The molecule has 1 radical (unpaired) electrons. The molecule has 5 N–H and O–H groups in total. The normalized spacial score (nSPS) is 12.1. The van der Waals surface area contributed by atoms with Gasteiger partial charge in [-0.15, -0.1) is 0 Å². The van der Waals surface area contributed by atoms with Crippen molar-refractivity contribution in [2.45, 2.75) is 51.0 Å². The van der Waals surface area contributed by atoms with Gasteiger partial charge in [0.05, 0.1) is 6.04 Å². The van der Waals surface area contributed by atoms with Crippen LogP contribution >= 0.6 is 0 Å². The molecule has 0 saturated carbocycles. The van der Waals surface area contributed by atoms with E-state index in [1.807, 2.05) is 6.29 Å². The van der Waals surface area contributed by atoms with Crippen LogP contribution in [0.2, 0.25) is 0 Å². The van der Waals surface area contributed by atoms with E-state index in [9.17, 15) is 9.59 Å². The molecular formula is C12H24N3O2. The average molecular weight is 242 g/mol. The quantitative estimate of drug-likeness (QED) is 0.452. The molecule has 0 bridgehead atoms. The minimum absolute atomic E-state index is 0.0804. The summed E-state index contributed by atoms with van der Waals surface area (Å²) in [5.74, 6) is -0.0804. The molecule has 0 aliphatic rings. The van der Waals surface area contributed by atoms with E-state index >= 15 is 0 Å². The van der Waals surface area contributed by atoms with Crippen molar-refractivity contribution in [1.82, 2.24) is 5.32 Å². The number of hydrogen-bond acceptors (Lipinski definition) is 4. The minimum Gasteiger partial charge on any atom is -0.346 e. The second kappa shape index (κ2) is 11.5. The number of carbonyl (C=O) groups excluding carboxylic acids is 2. The van der Waals surface area contributed by atoms with Crippen molar-refractivity contribution in [3.63, 3.8) is 0 Å². The van der Waals surface area contributed by atoms with Crippen LogP contribution in [0.5, 0.6) is 0 Å². The standard InChI is InChI=1S/C12H24N3O2/c13-8-4-1-2-7-12(17)15-11(10-16)6-3-5-9-14/h11H,1-9,13-14H2,(H,15,17)/t11-/m0/s1. The van der Waals surface area contributed by atoms with Crippen molar-refractivity contribution in [3.05, 3.63) is 0 Å². The van der Waals surface area contributed by atoms with Crippen LogP contribution in [0.3, 0.4) is 0 Å². The van der Waals surface area contributed by atoms with Crippen LogP contribution in [0.1, 0.15) is 44.9 Å². The van der Waals surface area contributed by atoms with Gasteiger partial charge in [0.2, 0.25) is 12.2 Å². The molecule has 0 spiro atoms. The third kappa shape index (κ3) is 9.96. The smallest absolute Gasteiger partial charge is 0.222 e. The number of nitrogens with one attached hydrogen (secondary N) is 1. The van der Waals surface area contributed by atoms with Gasteiger partial charge in [-0.1, -0.05) is 6.42 Å². The number of amides is 1. The molecule has 0 aliphatic heterocycles. The van der Waals surface area contributed by atoms with E-state index in [0.717, 1.165) is 32.1 Å². The van der Waals surface area contributed by atoms with Crippen LogP contribution in [0, 0.1) is 0 Å². The first-order valence-electron chi connectivity index (χ1n) is 6.31. The molecule has 0 aromatic carbocycles. The molecule has 0 saturated heterocycles. The predicted octanol–water partition coefficient (Wildman–Crippen LogP) is 0.229. The Morgan fingerprint density at radius 1 is 1.06 bits per heavy atom. The van der Waals surface area contributed by atoms with E-state index in [1.54, 1.807) is 0 Å². The van der Waals surface area contributed by atoms with Gasteiger partial charge in [-0.05, 0) is 45.2 Å². The lowest BCUT2D eigenvalue weighted by atomic mass is 10.1. The lowest BCUT2D eigenvalue weighted by Crippen LogP contribution is -2.35. The fraction of sp³-hybridized carbons (Fsp3) is 0.833. The molecule has 0 heterocycles. The van der Waals surface area contributed by atoms with Gasteiger partial charge in [0.25, 0.3) is 0 Å². The monoisotopic (exact) mass is 242 g/mol. The molecule has 17 heavy (non-hydrogen) atoms. The van der Waals surface area contributed by atoms with Crippen molar-refractivity contribution in [2.24, 2.45) is 11.5 Å². The fourth-order valence-corrected chi connectivity index (χ4v) is 1.53. The first-order chi connectivity index (χ1) is 8.24. The van der Waals surface area contributed by atoms with Crippen LogP contribution in [-0.4, -0.2) is 31.3 Å². The number of nitrogens with two attached hydrogens (primary N) is 2. The summed E-state index contributed by atoms with van der Waals surface area (Å²) in [6.45, 7) is 1.27. The average Bonchev–Trinajstić information content (AvgIpc) is 2.33. The fourth-order valence-electron chi connectivity index (χ4n) is 1.53. The minimum atomic E-state index is -0.483. The Balaban J connectivity index is 3.63. The van der Waals surface area contributed by atoms with Crippen LogP contribution in [0.15, 0.2) is 0 Å². The van der Waals surface area contributed by atoms with Crippen LogP contribution < -0.4 is 16.8 Å². The van der Waals surface area contributed by atoms with Gasteiger partial charge in [0.1, 0.15) is 0 Å². The zero-order valence-electron chi connectivity index (χ0n) is 10.4. The number of hydrogen-bond donors (Lipinski definition) is 3. The van der Waals surface area contributed by atoms with Crippen molar-refractivity contribution in [1.29, 1.82) is 0 Å². The molecule has 0 rings (SSSR count). The SMILES string of the molecule is NCCCCCC(=O)N[C@H]([C]=O)CCCCN. The van der Waals surface area contributed by atoms with Gasteiger partial charge in [-0.25, -0.2) is 0 Å². The summed E-state index contributed by atoms with van der Waals surface area (Å²) in [7, 11) is 0. The number of unbranched alkanes of at least 4 members (excludes halogenated alkanes) is 3. The van der Waals surface area contributed by atoms with Crippen LogP contribution in [0.25, 0.3) is 0 Å². The lowest BCUT2D eigenvalue weighted by molar-refractivity contribution is -0.121. The Morgan fingerprint density at radius 2 is 1.71 bits per heavy atom. The van der Waals surface area contributed by atoms with Gasteiger partial charge in [0.15, 0.2) is 0 Å². The summed E-state index contributed by atoms with van der Waals surface area (Å²) < 4.78 is 0. The highest BCUT2D eigenvalue weighted by molar-refractivity contribution is 5.79. The maximum absolute atomic E-state index is 11.5. The molecule has 5 heteroatoms.